The molecule has 0 bridgehead atoms. The Morgan fingerprint density at radius 1 is 1.00 bits per heavy atom. The van der Waals surface area contributed by atoms with Gasteiger partial charge in [-0.1, -0.05) is 36.4 Å². The monoisotopic (exact) mass is 509 g/mol. The first kappa shape index (κ1) is 25.4. The topological polar surface area (TPSA) is 102 Å². The first-order valence-corrected chi connectivity index (χ1v) is 12.6. The van der Waals surface area contributed by atoms with Crippen LogP contribution in [-0.2, 0) is 24.4 Å². The van der Waals surface area contributed by atoms with Crippen molar-refractivity contribution in [3.05, 3.63) is 117 Å². The largest absolute Gasteiger partial charge is 0.383 e. The molecule has 0 saturated heterocycles. The SMILES string of the molecule is COCCn1nnnc1[C@H](c1cc2cc(C)c(C)cc2[nH]c1=O)N(Cc1ccccc1)Cc1cccnc1. The third-order valence-electron chi connectivity index (χ3n) is 6.80. The minimum atomic E-state index is -0.531. The molecule has 1 atom stereocenters. The molecule has 2 aromatic carbocycles. The van der Waals surface area contributed by atoms with Crippen LogP contribution in [0.3, 0.4) is 0 Å². The van der Waals surface area contributed by atoms with Gasteiger partial charge in [-0.2, -0.15) is 0 Å². The van der Waals surface area contributed by atoms with Crippen molar-refractivity contribution in [3.8, 4) is 0 Å². The van der Waals surface area contributed by atoms with Gasteiger partial charge in [-0.25, -0.2) is 4.68 Å². The van der Waals surface area contributed by atoms with E-state index in [9.17, 15) is 4.79 Å². The lowest BCUT2D eigenvalue weighted by Crippen LogP contribution is -2.35. The quantitative estimate of drug-likeness (QED) is 0.304. The van der Waals surface area contributed by atoms with E-state index in [1.54, 1.807) is 18.0 Å². The molecule has 1 N–H and O–H groups in total. The van der Waals surface area contributed by atoms with Crippen LogP contribution >= 0.6 is 0 Å². The summed E-state index contributed by atoms with van der Waals surface area (Å²) >= 11 is 0. The summed E-state index contributed by atoms with van der Waals surface area (Å²) in [7, 11) is 1.64. The molecule has 3 aromatic heterocycles. The number of aromatic amines is 1. The lowest BCUT2D eigenvalue weighted by atomic mass is 9.99. The third-order valence-corrected chi connectivity index (χ3v) is 6.80. The molecule has 0 fully saturated rings. The van der Waals surface area contributed by atoms with Gasteiger partial charge in [0.2, 0.25) is 0 Å². The van der Waals surface area contributed by atoms with Crippen molar-refractivity contribution in [1.29, 1.82) is 0 Å². The van der Waals surface area contributed by atoms with E-state index in [4.69, 9.17) is 4.74 Å². The molecule has 3 heterocycles. The van der Waals surface area contributed by atoms with Crippen LogP contribution in [-0.4, -0.2) is 48.8 Å². The highest BCUT2D eigenvalue weighted by Gasteiger charge is 2.31. The van der Waals surface area contributed by atoms with Gasteiger partial charge in [-0.3, -0.25) is 14.7 Å². The number of aromatic nitrogens is 6. The highest BCUT2D eigenvalue weighted by Crippen LogP contribution is 2.30. The highest BCUT2D eigenvalue weighted by atomic mass is 16.5. The molecule has 0 aliphatic heterocycles. The van der Waals surface area contributed by atoms with Crippen molar-refractivity contribution in [2.75, 3.05) is 13.7 Å². The molecule has 194 valence electrons. The summed E-state index contributed by atoms with van der Waals surface area (Å²) in [6.07, 6.45) is 3.60. The van der Waals surface area contributed by atoms with Gasteiger partial charge in [0.05, 0.1) is 13.2 Å². The van der Waals surface area contributed by atoms with Gasteiger partial charge in [-0.15, -0.1) is 5.10 Å². The predicted octanol–water partition coefficient (Wildman–Crippen LogP) is 3.96. The summed E-state index contributed by atoms with van der Waals surface area (Å²) in [4.78, 5) is 23.4. The fraction of sp³-hybridized carbons (Fsp3) is 0.276. The van der Waals surface area contributed by atoms with E-state index in [1.807, 2.05) is 55.6 Å². The van der Waals surface area contributed by atoms with Gasteiger partial charge in [0.1, 0.15) is 6.04 Å². The number of hydrogen-bond donors (Lipinski definition) is 1. The van der Waals surface area contributed by atoms with Gasteiger partial charge in [-0.05, 0) is 76.2 Å². The zero-order valence-electron chi connectivity index (χ0n) is 21.8. The second kappa shape index (κ2) is 11.5. The van der Waals surface area contributed by atoms with Crippen molar-refractivity contribution in [2.24, 2.45) is 0 Å². The number of ether oxygens (including phenoxy) is 1. The summed E-state index contributed by atoms with van der Waals surface area (Å²) in [6, 6.07) is 19.7. The van der Waals surface area contributed by atoms with E-state index < -0.39 is 6.04 Å². The lowest BCUT2D eigenvalue weighted by Gasteiger charge is -2.31. The number of nitrogens with one attached hydrogen (secondary N) is 1. The molecule has 5 rings (SSSR count). The Hall–Kier alpha value is -4.21. The van der Waals surface area contributed by atoms with E-state index in [1.165, 1.54) is 0 Å². The summed E-state index contributed by atoms with van der Waals surface area (Å²) in [5.74, 6) is 0.579. The van der Waals surface area contributed by atoms with E-state index in [0.717, 1.165) is 33.2 Å². The molecule has 5 aromatic rings. The molecule has 0 aliphatic rings. The van der Waals surface area contributed by atoms with E-state index in [-0.39, 0.29) is 5.56 Å². The average Bonchev–Trinajstić information content (AvgIpc) is 3.38. The van der Waals surface area contributed by atoms with Crippen molar-refractivity contribution in [3.63, 3.8) is 0 Å². The van der Waals surface area contributed by atoms with Gasteiger partial charge in [0.15, 0.2) is 5.82 Å². The predicted molar refractivity (Wildman–Crippen MR) is 146 cm³/mol. The molecule has 0 radical (unpaired) electrons. The van der Waals surface area contributed by atoms with Crippen LogP contribution in [0.25, 0.3) is 10.9 Å². The molecule has 0 unspecified atom stereocenters. The number of nitrogens with zero attached hydrogens (tertiary/aromatic N) is 6. The molecule has 38 heavy (non-hydrogen) atoms. The number of pyridine rings is 2. The minimum Gasteiger partial charge on any atom is -0.383 e. The van der Waals surface area contributed by atoms with Crippen molar-refractivity contribution < 1.29 is 4.74 Å². The van der Waals surface area contributed by atoms with Gasteiger partial charge >= 0.3 is 0 Å². The smallest absolute Gasteiger partial charge is 0.253 e. The van der Waals surface area contributed by atoms with E-state index in [2.05, 4.69) is 55.5 Å². The van der Waals surface area contributed by atoms with Crippen molar-refractivity contribution >= 4 is 10.9 Å². The van der Waals surface area contributed by atoms with E-state index >= 15 is 0 Å². The Labute approximate surface area is 221 Å². The van der Waals surface area contributed by atoms with Crippen LogP contribution in [0.4, 0.5) is 0 Å². The number of aryl methyl sites for hydroxylation is 2. The van der Waals surface area contributed by atoms with E-state index in [0.29, 0.717) is 37.6 Å². The van der Waals surface area contributed by atoms with Gasteiger partial charge in [0.25, 0.3) is 5.56 Å². The summed E-state index contributed by atoms with van der Waals surface area (Å²) in [6.45, 7) is 6.14. The Morgan fingerprint density at radius 2 is 1.76 bits per heavy atom. The van der Waals surface area contributed by atoms with Gasteiger partial charge in [0, 0.05) is 43.7 Å². The maximum absolute atomic E-state index is 13.7. The Bertz CT molecular complexity index is 1520. The summed E-state index contributed by atoms with van der Waals surface area (Å²) < 4.78 is 7.03. The van der Waals surface area contributed by atoms with Crippen LogP contribution in [0.15, 0.2) is 77.9 Å². The number of hydrogen-bond acceptors (Lipinski definition) is 7. The first-order valence-electron chi connectivity index (χ1n) is 12.6. The Kier molecular flexibility index (Phi) is 7.67. The fourth-order valence-corrected chi connectivity index (χ4v) is 4.72. The average molecular weight is 510 g/mol. The third kappa shape index (κ3) is 5.53. The highest BCUT2D eigenvalue weighted by molar-refractivity contribution is 5.81. The molecule has 0 spiro atoms. The van der Waals surface area contributed by atoms with Crippen LogP contribution in [0.1, 0.15) is 39.7 Å². The standard InChI is InChI=1S/C29H31N7O2/c1-20-14-24-16-25(29(37)31-26(24)15-21(20)2)27(28-32-33-34-36(28)12-13-38-3)35(18-22-8-5-4-6-9-22)19-23-10-7-11-30-17-23/h4-11,14-17,27H,12-13,18-19H2,1-3H3,(H,31,37)/t27-/m0/s1. The number of H-pyrrole nitrogens is 1. The van der Waals surface area contributed by atoms with Crippen LogP contribution in [0, 0.1) is 13.8 Å². The van der Waals surface area contributed by atoms with Crippen molar-refractivity contribution in [1.82, 2.24) is 35.1 Å². The second-order valence-electron chi connectivity index (χ2n) is 9.48. The Morgan fingerprint density at radius 3 is 2.53 bits per heavy atom. The Balaban J connectivity index is 1.70. The number of fused-ring (bicyclic) bond motifs is 1. The van der Waals surface area contributed by atoms with Gasteiger partial charge < -0.3 is 9.72 Å². The number of rotatable bonds is 10. The fourth-order valence-electron chi connectivity index (χ4n) is 4.72. The number of benzene rings is 2. The molecule has 0 amide bonds. The molecular formula is C29H31N7O2. The zero-order chi connectivity index (χ0) is 26.5. The molecule has 9 heteroatoms. The molecule has 0 saturated carbocycles. The molecule has 0 aliphatic carbocycles. The zero-order valence-corrected chi connectivity index (χ0v) is 21.8. The molecule has 9 nitrogen and oxygen atoms in total. The van der Waals surface area contributed by atoms with Crippen LogP contribution in [0.2, 0.25) is 0 Å². The van der Waals surface area contributed by atoms with Crippen LogP contribution in [0.5, 0.6) is 0 Å². The van der Waals surface area contributed by atoms with Crippen molar-refractivity contribution in [2.45, 2.75) is 39.5 Å². The molecular weight excluding hydrogens is 478 g/mol. The summed E-state index contributed by atoms with van der Waals surface area (Å²) in [5.41, 5.74) is 5.64. The maximum atomic E-state index is 13.7. The number of methoxy groups -OCH3 is 1. The lowest BCUT2D eigenvalue weighted by molar-refractivity contribution is 0.169. The minimum absolute atomic E-state index is 0.170. The second-order valence-corrected chi connectivity index (χ2v) is 9.48. The first-order chi connectivity index (χ1) is 18.5. The van der Waals surface area contributed by atoms with Crippen LogP contribution < -0.4 is 5.56 Å². The summed E-state index contributed by atoms with van der Waals surface area (Å²) in [5, 5.41) is 13.6. The number of tetrazole rings is 1. The normalized spacial score (nSPS) is 12.3. The maximum Gasteiger partial charge on any atom is 0.253 e.